The van der Waals surface area contributed by atoms with Gasteiger partial charge in [-0.25, -0.2) is 0 Å². The second-order valence-corrected chi connectivity index (χ2v) is 6.12. The molecule has 1 aliphatic carbocycles. The Morgan fingerprint density at radius 2 is 2.21 bits per heavy atom. The van der Waals surface area contributed by atoms with Crippen molar-refractivity contribution in [2.75, 3.05) is 19.7 Å². The highest BCUT2D eigenvalue weighted by atomic mass is 16.5. The first-order valence-electron chi connectivity index (χ1n) is 8.82. The van der Waals surface area contributed by atoms with E-state index in [0.29, 0.717) is 13.0 Å². The van der Waals surface area contributed by atoms with Crippen LogP contribution < -0.4 is 10.1 Å². The minimum Gasteiger partial charge on any atom is -0.491 e. The molecule has 0 bridgehead atoms. The molecule has 0 saturated heterocycles. The van der Waals surface area contributed by atoms with Crippen LogP contribution in [-0.4, -0.2) is 35.0 Å². The summed E-state index contributed by atoms with van der Waals surface area (Å²) >= 11 is 0. The summed E-state index contributed by atoms with van der Waals surface area (Å²) < 4.78 is 8.03. The Balaban J connectivity index is 1.72. The lowest BCUT2D eigenvalue weighted by Gasteiger charge is -2.17. The zero-order valence-corrected chi connectivity index (χ0v) is 14.3. The molecule has 1 aliphatic rings. The molecule has 1 N–H and O–H groups in total. The minimum absolute atomic E-state index is 0.239. The highest BCUT2D eigenvalue weighted by molar-refractivity contribution is 5.98. The standard InChI is InChI=1S/C19H25N3O2/c1-2-9-20-10-4-13-24-19-7-11-21-14-17(19)22-12-8-15-16(22)5-3-6-18(15)23/h7-8,11-12,14,20H,2-6,9-10,13H2,1H3. The molecule has 2 aromatic rings. The second kappa shape index (κ2) is 8.11. The first-order chi connectivity index (χ1) is 11.8. The van der Waals surface area contributed by atoms with E-state index in [1.807, 2.05) is 24.5 Å². The van der Waals surface area contributed by atoms with Crippen LogP contribution in [0.2, 0.25) is 0 Å². The number of nitrogens with zero attached hydrogens (tertiary/aromatic N) is 2. The lowest BCUT2D eigenvalue weighted by atomic mass is 9.97. The quantitative estimate of drug-likeness (QED) is 0.757. The molecule has 0 amide bonds. The van der Waals surface area contributed by atoms with Crippen LogP contribution in [0.1, 0.15) is 48.7 Å². The summed E-state index contributed by atoms with van der Waals surface area (Å²) in [6.07, 6.45) is 10.1. The smallest absolute Gasteiger partial charge is 0.164 e. The molecule has 5 heteroatoms. The van der Waals surface area contributed by atoms with E-state index in [0.717, 1.165) is 61.5 Å². The summed E-state index contributed by atoms with van der Waals surface area (Å²) in [6, 6.07) is 3.81. The van der Waals surface area contributed by atoms with Crippen LogP contribution in [0.5, 0.6) is 5.75 Å². The minimum atomic E-state index is 0.239. The van der Waals surface area contributed by atoms with Crippen LogP contribution in [0, 0.1) is 0 Å². The summed E-state index contributed by atoms with van der Waals surface area (Å²) in [6.45, 7) is 4.83. The average molecular weight is 327 g/mol. The van der Waals surface area contributed by atoms with Crippen molar-refractivity contribution in [2.24, 2.45) is 0 Å². The maximum atomic E-state index is 12.0. The predicted molar refractivity (Wildman–Crippen MR) is 94.1 cm³/mol. The molecule has 0 atom stereocenters. The predicted octanol–water partition coefficient (Wildman–Crippen LogP) is 3.16. The normalized spacial score (nSPS) is 13.8. The van der Waals surface area contributed by atoms with Gasteiger partial charge in [0.05, 0.1) is 12.8 Å². The van der Waals surface area contributed by atoms with Crippen LogP contribution in [0.4, 0.5) is 0 Å². The number of carbonyl (C=O) groups excluding carboxylic acids is 1. The van der Waals surface area contributed by atoms with Gasteiger partial charge in [-0.1, -0.05) is 6.92 Å². The highest BCUT2D eigenvalue weighted by Gasteiger charge is 2.22. The van der Waals surface area contributed by atoms with Crippen molar-refractivity contribution in [1.82, 2.24) is 14.9 Å². The molecular weight excluding hydrogens is 302 g/mol. The Bertz CT molecular complexity index is 694. The molecule has 2 aromatic heterocycles. The van der Waals surface area contributed by atoms with Gasteiger partial charge >= 0.3 is 0 Å². The molecule has 0 spiro atoms. The van der Waals surface area contributed by atoms with E-state index in [-0.39, 0.29) is 5.78 Å². The fourth-order valence-corrected chi connectivity index (χ4v) is 3.11. The van der Waals surface area contributed by atoms with Gasteiger partial charge in [0.25, 0.3) is 0 Å². The average Bonchev–Trinajstić information content (AvgIpc) is 3.04. The second-order valence-electron chi connectivity index (χ2n) is 6.12. The van der Waals surface area contributed by atoms with Crippen molar-refractivity contribution in [3.63, 3.8) is 0 Å². The molecular formula is C19H25N3O2. The molecule has 24 heavy (non-hydrogen) atoms. The van der Waals surface area contributed by atoms with E-state index >= 15 is 0 Å². The van der Waals surface area contributed by atoms with Crippen LogP contribution in [0.25, 0.3) is 5.69 Å². The van der Waals surface area contributed by atoms with Crippen molar-refractivity contribution in [2.45, 2.75) is 39.0 Å². The Kier molecular flexibility index (Phi) is 5.64. The number of ketones is 1. The van der Waals surface area contributed by atoms with Gasteiger partial charge in [-0.2, -0.15) is 0 Å². The molecule has 0 fully saturated rings. The lowest BCUT2D eigenvalue weighted by molar-refractivity contribution is 0.0972. The van der Waals surface area contributed by atoms with Crippen LogP contribution in [0.3, 0.4) is 0 Å². The van der Waals surface area contributed by atoms with Crippen molar-refractivity contribution >= 4 is 5.78 Å². The first kappa shape index (κ1) is 16.7. The summed E-state index contributed by atoms with van der Waals surface area (Å²) in [7, 11) is 0. The number of aromatic nitrogens is 2. The molecule has 2 heterocycles. The number of rotatable bonds is 8. The zero-order chi connectivity index (χ0) is 16.8. The summed E-state index contributed by atoms with van der Waals surface area (Å²) in [5.74, 6) is 1.06. The van der Waals surface area contributed by atoms with Crippen LogP contribution in [-0.2, 0) is 6.42 Å². The maximum absolute atomic E-state index is 12.0. The molecule has 128 valence electrons. The third kappa shape index (κ3) is 3.67. The number of fused-ring (bicyclic) bond motifs is 1. The molecule has 0 aliphatic heterocycles. The largest absolute Gasteiger partial charge is 0.491 e. The third-order valence-electron chi connectivity index (χ3n) is 4.31. The number of hydrogen-bond acceptors (Lipinski definition) is 4. The van der Waals surface area contributed by atoms with Gasteiger partial charge in [-0.3, -0.25) is 9.78 Å². The van der Waals surface area contributed by atoms with E-state index < -0.39 is 0 Å². The number of nitrogens with one attached hydrogen (secondary N) is 1. The van der Waals surface area contributed by atoms with Crippen molar-refractivity contribution in [1.29, 1.82) is 0 Å². The van der Waals surface area contributed by atoms with E-state index in [1.165, 1.54) is 0 Å². The zero-order valence-electron chi connectivity index (χ0n) is 14.3. The van der Waals surface area contributed by atoms with E-state index in [2.05, 4.69) is 21.8 Å². The van der Waals surface area contributed by atoms with Gasteiger partial charge in [-0.15, -0.1) is 0 Å². The molecule has 0 aromatic carbocycles. The molecule has 3 rings (SSSR count). The summed E-state index contributed by atoms with van der Waals surface area (Å²) in [5, 5.41) is 3.37. The van der Waals surface area contributed by atoms with Gasteiger partial charge in [0, 0.05) is 36.1 Å². The number of carbonyl (C=O) groups is 1. The van der Waals surface area contributed by atoms with Gasteiger partial charge in [0.2, 0.25) is 0 Å². The van der Waals surface area contributed by atoms with Crippen LogP contribution >= 0.6 is 0 Å². The molecule has 0 radical (unpaired) electrons. The Labute approximate surface area is 143 Å². The first-order valence-corrected chi connectivity index (χ1v) is 8.82. The molecule has 0 unspecified atom stereocenters. The van der Waals surface area contributed by atoms with Gasteiger partial charge in [0.15, 0.2) is 5.78 Å². The maximum Gasteiger partial charge on any atom is 0.164 e. The number of ether oxygens (including phenoxy) is 1. The molecule has 0 saturated carbocycles. The van der Waals surface area contributed by atoms with Crippen molar-refractivity contribution in [3.05, 3.63) is 42.0 Å². The molecule has 5 nitrogen and oxygen atoms in total. The Morgan fingerprint density at radius 3 is 3.08 bits per heavy atom. The number of hydrogen-bond donors (Lipinski definition) is 1. The summed E-state index contributed by atoms with van der Waals surface area (Å²) in [4.78, 5) is 16.3. The third-order valence-corrected chi connectivity index (χ3v) is 4.31. The summed E-state index contributed by atoms with van der Waals surface area (Å²) in [5.41, 5.74) is 2.84. The lowest BCUT2D eigenvalue weighted by Crippen LogP contribution is -2.18. The van der Waals surface area contributed by atoms with Gasteiger partial charge in [-0.05, 0) is 44.8 Å². The van der Waals surface area contributed by atoms with E-state index in [4.69, 9.17) is 4.74 Å². The number of Topliss-reactive ketones (excluding diaryl/α,β-unsaturated/α-hetero) is 1. The Morgan fingerprint density at radius 1 is 1.29 bits per heavy atom. The van der Waals surface area contributed by atoms with Gasteiger partial charge in [0.1, 0.15) is 11.4 Å². The van der Waals surface area contributed by atoms with E-state index in [1.54, 1.807) is 6.20 Å². The van der Waals surface area contributed by atoms with E-state index in [9.17, 15) is 4.79 Å². The number of pyridine rings is 1. The Hall–Kier alpha value is -2.14. The monoisotopic (exact) mass is 327 g/mol. The fraction of sp³-hybridized carbons (Fsp3) is 0.474. The van der Waals surface area contributed by atoms with Gasteiger partial charge < -0.3 is 14.6 Å². The van der Waals surface area contributed by atoms with Crippen molar-refractivity contribution < 1.29 is 9.53 Å². The topological polar surface area (TPSA) is 56.1 Å². The highest BCUT2D eigenvalue weighted by Crippen LogP contribution is 2.29. The van der Waals surface area contributed by atoms with Crippen molar-refractivity contribution in [3.8, 4) is 11.4 Å². The SMILES string of the molecule is CCCNCCCOc1ccncc1-n1ccc2c1CCCC2=O. The van der Waals surface area contributed by atoms with Crippen LogP contribution in [0.15, 0.2) is 30.7 Å². The fourth-order valence-electron chi connectivity index (χ4n) is 3.11.